The average Bonchev–Trinajstić information content (AvgIpc) is 3.25. The summed E-state index contributed by atoms with van der Waals surface area (Å²) in [6.45, 7) is 0.594. The molecule has 0 saturated carbocycles. The Morgan fingerprint density at radius 3 is 2.48 bits per heavy atom. The normalized spacial score (nSPS) is 15.3. The first-order valence-corrected chi connectivity index (χ1v) is 10.7. The molecule has 9 heteroatoms. The summed E-state index contributed by atoms with van der Waals surface area (Å²) in [5, 5.41) is 2.56. The highest BCUT2D eigenvalue weighted by atomic mass is 32.2. The van der Waals surface area contributed by atoms with E-state index in [9.17, 15) is 18.0 Å². The van der Waals surface area contributed by atoms with Crippen LogP contribution in [0.4, 0.5) is 5.69 Å². The molecule has 0 unspecified atom stereocenters. The molecule has 8 nitrogen and oxygen atoms in total. The van der Waals surface area contributed by atoms with E-state index in [1.807, 2.05) is 0 Å². The fourth-order valence-corrected chi connectivity index (χ4v) is 4.40. The molecular weight excluding hydrogens is 396 g/mol. The molecule has 0 bridgehead atoms. The predicted octanol–water partition coefficient (Wildman–Crippen LogP) is 2.65. The van der Waals surface area contributed by atoms with Gasteiger partial charge in [-0.15, -0.1) is 0 Å². The number of esters is 1. The highest BCUT2D eigenvalue weighted by Crippen LogP contribution is 2.22. The zero-order valence-electron chi connectivity index (χ0n) is 15.7. The molecule has 154 valence electrons. The fraction of sp³-hybridized carbons (Fsp3) is 0.300. The van der Waals surface area contributed by atoms with Crippen LogP contribution in [0.25, 0.3) is 6.08 Å². The molecule has 3 rings (SSSR count). The first-order valence-electron chi connectivity index (χ1n) is 9.23. The number of carbonyl (C=O) groups is 2. The third-order valence-corrected chi connectivity index (χ3v) is 6.28. The van der Waals surface area contributed by atoms with Crippen molar-refractivity contribution in [3.63, 3.8) is 0 Å². The largest absolute Gasteiger partial charge is 0.465 e. The zero-order chi connectivity index (χ0) is 20.7. The smallest absolute Gasteiger partial charge is 0.331 e. The van der Waals surface area contributed by atoms with Crippen LogP contribution < -0.4 is 5.32 Å². The van der Waals surface area contributed by atoms with E-state index in [0.29, 0.717) is 24.5 Å². The summed E-state index contributed by atoms with van der Waals surface area (Å²) in [6, 6.07) is 9.28. The molecular formula is C20H22N2O6S. The lowest BCUT2D eigenvalue weighted by atomic mass is 10.2. The van der Waals surface area contributed by atoms with Crippen molar-refractivity contribution < 1.29 is 27.2 Å². The summed E-state index contributed by atoms with van der Waals surface area (Å²) >= 11 is 0. The summed E-state index contributed by atoms with van der Waals surface area (Å²) < 4.78 is 36.6. The first kappa shape index (κ1) is 20.8. The number of anilines is 1. The lowest BCUT2D eigenvalue weighted by Crippen LogP contribution is -2.35. The van der Waals surface area contributed by atoms with Crippen LogP contribution in [-0.2, 0) is 24.3 Å². The molecule has 1 aliphatic rings. The standard InChI is InChI=1S/C20H22N2O6S/c23-19(15-28-20(24)11-8-17-5-4-14-27-17)21-16-6-9-18(10-7-16)29(25,26)22-12-2-1-3-13-22/h4-11,14H,1-3,12-13,15H2,(H,21,23)/b11-8+. The minimum atomic E-state index is -3.52. The molecule has 1 aromatic carbocycles. The van der Waals surface area contributed by atoms with E-state index in [2.05, 4.69) is 5.32 Å². The molecule has 1 aliphatic heterocycles. The minimum absolute atomic E-state index is 0.187. The maximum absolute atomic E-state index is 12.6. The lowest BCUT2D eigenvalue weighted by Gasteiger charge is -2.25. The van der Waals surface area contributed by atoms with Crippen molar-refractivity contribution in [2.45, 2.75) is 24.2 Å². The van der Waals surface area contributed by atoms with Crippen molar-refractivity contribution in [1.82, 2.24) is 4.31 Å². The number of nitrogens with one attached hydrogen (secondary N) is 1. The molecule has 29 heavy (non-hydrogen) atoms. The Morgan fingerprint density at radius 2 is 1.83 bits per heavy atom. The highest BCUT2D eigenvalue weighted by molar-refractivity contribution is 7.89. The van der Waals surface area contributed by atoms with Crippen molar-refractivity contribution in [2.24, 2.45) is 0 Å². The Balaban J connectivity index is 1.50. The zero-order valence-corrected chi connectivity index (χ0v) is 16.6. The van der Waals surface area contributed by atoms with Gasteiger partial charge >= 0.3 is 5.97 Å². The number of nitrogens with zero attached hydrogens (tertiary/aromatic N) is 1. The monoisotopic (exact) mass is 418 g/mol. The molecule has 0 atom stereocenters. The van der Waals surface area contributed by atoms with Crippen molar-refractivity contribution in [2.75, 3.05) is 25.0 Å². The van der Waals surface area contributed by atoms with Gasteiger partial charge in [-0.2, -0.15) is 4.31 Å². The Morgan fingerprint density at radius 1 is 1.10 bits per heavy atom. The quantitative estimate of drug-likeness (QED) is 0.547. The Labute approximate surface area is 169 Å². The molecule has 1 fully saturated rings. The second-order valence-electron chi connectivity index (χ2n) is 6.49. The molecule has 1 N–H and O–H groups in total. The number of ether oxygens (including phenoxy) is 1. The second-order valence-corrected chi connectivity index (χ2v) is 8.43. The minimum Gasteiger partial charge on any atom is -0.465 e. The van der Waals surface area contributed by atoms with Crippen molar-refractivity contribution >= 4 is 33.7 Å². The molecule has 0 aliphatic carbocycles. The number of rotatable bonds is 7. The van der Waals surface area contributed by atoms with E-state index >= 15 is 0 Å². The van der Waals surface area contributed by atoms with Crippen LogP contribution in [-0.4, -0.2) is 44.3 Å². The predicted molar refractivity (Wildman–Crippen MR) is 106 cm³/mol. The maximum Gasteiger partial charge on any atom is 0.331 e. The first-order chi connectivity index (χ1) is 13.9. The van der Waals surface area contributed by atoms with E-state index in [1.165, 1.54) is 40.9 Å². The van der Waals surface area contributed by atoms with Gasteiger partial charge in [0.1, 0.15) is 5.76 Å². The van der Waals surface area contributed by atoms with Gasteiger partial charge in [-0.1, -0.05) is 6.42 Å². The molecule has 2 aromatic rings. The average molecular weight is 418 g/mol. The molecule has 1 amide bonds. The number of carbonyl (C=O) groups excluding carboxylic acids is 2. The molecule has 2 heterocycles. The molecule has 1 aromatic heterocycles. The Kier molecular flexibility index (Phi) is 6.84. The van der Waals surface area contributed by atoms with E-state index in [4.69, 9.17) is 9.15 Å². The topological polar surface area (TPSA) is 106 Å². The molecule has 0 spiro atoms. The van der Waals surface area contributed by atoms with Crippen molar-refractivity contribution in [1.29, 1.82) is 0 Å². The molecule has 0 radical (unpaired) electrons. The summed E-state index contributed by atoms with van der Waals surface area (Å²) in [5.41, 5.74) is 0.412. The summed E-state index contributed by atoms with van der Waals surface area (Å²) in [7, 11) is -3.52. The van der Waals surface area contributed by atoms with E-state index < -0.39 is 28.5 Å². The number of benzene rings is 1. The van der Waals surface area contributed by atoms with Crippen LogP contribution in [0.1, 0.15) is 25.0 Å². The maximum atomic E-state index is 12.6. The van der Waals surface area contributed by atoms with Crippen molar-refractivity contribution in [3.05, 3.63) is 54.5 Å². The number of piperidine rings is 1. The number of furan rings is 1. The van der Waals surface area contributed by atoms with Gasteiger partial charge in [0.25, 0.3) is 5.91 Å². The van der Waals surface area contributed by atoms with Crippen molar-refractivity contribution in [3.8, 4) is 0 Å². The summed E-state index contributed by atoms with van der Waals surface area (Å²) in [4.78, 5) is 23.7. The SMILES string of the molecule is O=C(COC(=O)/C=C/c1ccco1)Nc1ccc(S(=O)(=O)N2CCCCC2)cc1. The second kappa shape index (κ2) is 9.53. The van der Waals surface area contributed by atoms with Crippen LogP contribution in [0.3, 0.4) is 0 Å². The van der Waals surface area contributed by atoms with Gasteiger partial charge in [0.2, 0.25) is 10.0 Å². The summed E-state index contributed by atoms with van der Waals surface area (Å²) in [6.07, 6.45) is 6.83. The van der Waals surface area contributed by atoms with Gasteiger partial charge in [-0.25, -0.2) is 13.2 Å². The van der Waals surface area contributed by atoms with Crippen LogP contribution in [0, 0.1) is 0 Å². The van der Waals surface area contributed by atoms with Gasteiger partial charge in [0.15, 0.2) is 6.61 Å². The number of sulfonamides is 1. The van der Waals surface area contributed by atoms with Gasteiger partial charge in [-0.05, 0) is 55.3 Å². The fourth-order valence-electron chi connectivity index (χ4n) is 2.88. The third kappa shape index (κ3) is 5.78. The third-order valence-electron chi connectivity index (χ3n) is 4.36. The number of amides is 1. The Bertz CT molecular complexity index is 959. The Hall–Kier alpha value is -2.91. The van der Waals surface area contributed by atoms with E-state index in [0.717, 1.165) is 25.3 Å². The van der Waals surface area contributed by atoms with E-state index in [1.54, 1.807) is 12.1 Å². The van der Waals surface area contributed by atoms with Crippen LogP contribution in [0.5, 0.6) is 0 Å². The lowest BCUT2D eigenvalue weighted by molar-refractivity contribution is -0.142. The van der Waals surface area contributed by atoms with Crippen LogP contribution in [0.2, 0.25) is 0 Å². The van der Waals surface area contributed by atoms with Gasteiger partial charge in [0, 0.05) is 24.9 Å². The highest BCUT2D eigenvalue weighted by Gasteiger charge is 2.25. The van der Waals surface area contributed by atoms with Crippen LogP contribution >= 0.6 is 0 Å². The summed E-state index contributed by atoms with van der Waals surface area (Å²) in [5.74, 6) is -0.720. The number of hydrogen-bond donors (Lipinski definition) is 1. The number of hydrogen-bond acceptors (Lipinski definition) is 6. The molecule has 1 saturated heterocycles. The van der Waals surface area contributed by atoms with Gasteiger partial charge in [-0.3, -0.25) is 4.79 Å². The van der Waals surface area contributed by atoms with E-state index in [-0.39, 0.29) is 4.90 Å². The van der Waals surface area contributed by atoms with Gasteiger partial charge in [0.05, 0.1) is 11.2 Å². The van der Waals surface area contributed by atoms with Crippen LogP contribution in [0.15, 0.2) is 58.1 Å². The van der Waals surface area contributed by atoms with Gasteiger partial charge < -0.3 is 14.5 Å².